The number of hydrogen-bond acceptors (Lipinski definition) is 5. The smallest absolute Gasteiger partial charge is 0.265 e. The van der Waals surface area contributed by atoms with E-state index in [1.54, 1.807) is 37.3 Å². The van der Waals surface area contributed by atoms with Gasteiger partial charge in [-0.05, 0) is 37.3 Å². The summed E-state index contributed by atoms with van der Waals surface area (Å²) >= 11 is 6.14. The van der Waals surface area contributed by atoms with Crippen molar-refractivity contribution >= 4 is 38.9 Å². The highest BCUT2D eigenvalue weighted by molar-refractivity contribution is 7.93. The molecule has 1 N–H and O–H groups in total. The second-order valence-corrected chi connectivity index (χ2v) is 8.57. The maximum atomic E-state index is 13.1. The number of sulfonamides is 1. The first kappa shape index (κ1) is 20.1. The molecule has 148 valence electrons. The summed E-state index contributed by atoms with van der Waals surface area (Å²) in [6.45, 7) is 1.89. The van der Waals surface area contributed by atoms with Gasteiger partial charge < -0.3 is 5.32 Å². The van der Waals surface area contributed by atoms with E-state index in [0.717, 1.165) is 0 Å². The van der Waals surface area contributed by atoms with Crippen molar-refractivity contribution in [3.05, 3.63) is 63.7 Å². The lowest BCUT2D eigenvalue weighted by atomic mass is 10.3. The van der Waals surface area contributed by atoms with E-state index < -0.39 is 32.8 Å². The van der Waals surface area contributed by atoms with Gasteiger partial charge in [0.15, 0.2) is 0 Å². The van der Waals surface area contributed by atoms with E-state index in [1.807, 2.05) is 0 Å². The van der Waals surface area contributed by atoms with E-state index in [9.17, 15) is 23.3 Å². The van der Waals surface area contributed by atoms with E-state index >= 15 is 0 Å². The van der Waals surface area contributed by atoms with Gasteiger partial charge in [-0.25, -0.2) is 8.42 Å². The summed E-state index contributed by atoms with van der Waals surface area (Å²) in [5.74, 6) is -1.22. The number of rotatable bonds is 7. The summed E-state index contributed by atoms with van der Waals surface area (Å²) in [4.78, 5) is 22.2. The molecule has 0 bridgehead atoms. The molecule has 1 fully saturated rings. The summed E-state index contributed by atoms with van der Waals surface area (Å²) in [5.41, 5.74) is 0.702. The molecule has 2 atom stereocenters. The number of anilines is 2. The first-order chi connectivity index (χ1) is 13.3. The van der Waals surface area contributed by atoms with Crippen LogP contribution in [-0.4, -0.2) is 31.8 Å². The third-order valence-electron chi connectivity index (χ3n) is 4.46. The highest BCUT2D eigenvalue weighted by Crippen LogP contribution is 2.35. The van der Waals surface area contributed by atoms with E-state index in [2.05, 4.69) is 5.32 Å². The highest BCUT2D eigenvalue weighted by Gasteiger charge is 2.53. The van der Waals surface area contributed by atoms with Gasteiger partial charge in [-0.15, -0.1) is 0 Å². The second-order valence-electron chi connectivity index (χ2n) is 6.33. The predicted molar refractivity (Wildman–Crippen MR) is 106 cm³/mol. The molecule has 1 amide bonds. The monoisotopic (exact) mass is 423 g/mol. The fourth-order valence-corrected chi connectivity index (χ4v) is 4.89. The van der Waals surface area contributed by atoms with Gasteiger partial charge in [0.05, 0.1) is 10.7 Å². The fraction of sp³-hybridized carbons (Fsp3) is 0.278. The summed E-state index contributed by atoms with van der Waals surface area (Å²) in [6, 6.07) is 11.8. The molecule has 8 nitrogen and oxygen atoms in total. The average Bonchev–Trinajstić information content (AvgIpc) is 3.46. The number of carbonyl (C=O) groups is 1. The average molecular weight is 424 g/mol. The molecule has 0 heterocycles. The van der Waals surface area contributed by atoms with Gasteiger partial charge in [-0.3, -0.25) is 19.2 Å². The molecule has 0 unspecified atom stereocenters. The van der Waals surface area contributed by atoms with Crippen molar-refractivity contribution in [2.45, 2.75) is 24.3 Å². The Morgan fingerprint density at radius 2 is 1.96 bits per heavy atom. The Bertz CT molecular complexity index is 1010. The molecular formula is C18H18ClN3O5S. The summed E-state index contributed by atoms with van der Waals surface area (Å²) in [5, 5.41) is 13.3. The predicted octanol–water partition coefficient (Wildman–Crippen LogP) is 3.16. The molecule has 0 spiro atoms. The Hall–Kier alpha value is -2.65. The minimum Gasteiger partial charge on any atom is -0.326 e. The summed E-state index contributed by atoms with van der Waals surface area (Å²) < 4.78 is 27.5. The van der Waals surface area contributed by atoms with Crippen molar-refractivity contribution in [1.82, 2.24) is 0 Å². The number of amides is 1. The second kappa shape index (κ2) is 7.76. The third-order valence-corrected chi connectivity index (χ3v) is 6.85. The van der Waals surface area contributed by atoms with Gasteiger partial charge in [-0.1, -0.05) is 29.8 Å². The van der Waals surface area contributed by atoms with Gasteiger partial charge in [0.2, 0.25) is 11.9 Å². The zero-order valence-corrected chi connectivity index (χ0v) is 16.5. The minimum atomic E-state index is -3.98. The zero-order valence-electron chi connectivity index (χ0n) is 14.9. The van der Waals surface area contributed by atoms with E-state index in [-0.39, 0.29) is 28.6 Å². The lowest BCUT2D eigenvalue weighted by molar-refractivity contribution is -0.497. The molecule has 3 rings (SSSR count). The summed E-state index contributed by atoms with van der Waals surface area (Å²) in [7, 11) is -3.98. The Kier molecular flexibility index (Phi) is 5.57. The van der Waals surface area contributed by atoms with Crippen LogP contribution < -0.4 is 9.62 Å². The molecule has 0 aliphatic heterocycles. The Balaban J connectivity index is 1.88. The van der Waals surface area contributed by atoms with Crippen LogP contribution >= 0.6 is 11.6 Å². The van der Waals surface area contributed by atoms with Crippen LogP contribution in [0.25, 0.3) is 0 Å². The first-order valence-electron chi connectivity index (χ1n) is 8.57. The maximum Gasteiger partial charge on any atom is 0.265 e. The lowest BCUT2D eigenvalue weighted by Crippen LogP contribution is -2.31. The van der Waals surface area contributed by atoms with E-state index in [1.165, 1.54) is 22.5 Å². The Morgan fingerprint density at radius 1 is 1.29 bits per heavy atom. The normalized spacial score (nSPS) is 18.4. The van der Waals surface area contributed by atoms with Gasteiger partial charge in [0, 0.05) is 23.6 Å². The Labute approximate surface area is 167 Å². The zero-order chi connectivity index (χ0) is 20.5. The number of carbonyl (C=O) groups excluding carboxylic acids is 1. The maximum absolute atomic E-state index is 13.1. The highest BCUT2D eigenvalue weighted by atomic mass is 35.5. The van der Waals surface area contributed by atoms with Crippen LogP contribution in [0.2, 0.25) is 5.02 Å². The number of nitrogens with zero attached hydrogens (tertiary/aromatic N) is 2. The Morgan fingerprint density at radius 3 is 2.54 bits per heavy atom. The third kappa shape index (κ3) is 3.95. The molecule has 0 saturated heterocycles. The molecule has 2 aromatic rings. The van der Waals surface area contributed by atoms with Crippen LogP contribution in [0.1, 0.15) is 13.3 Å². The topological polar surface area (TPSA) is 110 Å². The SMILES string of the molecule is CCN(c1ccccc1)S(=O)(=O)c1cc(NC(=O)[C@H]2C[C@@H]2[N+](=O)[O-])ccc1Cl. The van der Waals surface area contributed by atoms with Crippen LogP contribution in [0.15, 0.2) is 53.4 Å². The number of hydrogen-bond donors (Lipinski definition) is 1. The van der Waals surface area contributed by atoms with Crippen LogP contribution in [-0.2, 0) is 14.8 Å². The van der Waals surface area contributed by atoms with Crippen molar-refractivity contribution < 1.29 is 18.1 Å². The number of nitrogens with one attached hydrogen (secondary N) is 1. The standard InChI is InChI=1S/C18H18ClN3O5S/c1-2-21(13-6-4-3-5-7-13)28(26,27)17-10-12(8-9-15(17)19)20-18(23)14-11-16(14)22(24)25/h3-10,14,16H,2,11H2,1H3,(H,20,23)/t14-,16-/m0/s1. The van der Waals surface area contributed by atoms with Gasteiger partial charge in [0.1, 0.15) is 10.8 Å². The molecule has 0 radical (unpaired) electrons. The molecule has 1 saturated carbocycles. The van der Waals surface area contributed by atoms with Gasteiger partial charge >= 0.3 is 0 Å². The van der Waals surface area contributed by atoms with Crippen molar-refractivity contribution in [1.29, 1.82) is 0 Å². The van der Waals surface area contributed by atoms with Crippen LogP contribution in [0.4, 0.5) is 11.4 Å². The van der Waals surface area contributed by atoms with Gasteiger partial charge in [-0.2, -0.15) is 0 Å². The first-order valence-corrected chi connectivity index (χ1v) is 10.4. The van der Waals surface area contributed by atoms with Crippen LogP contribution in [0.3, 0.4) is 0 Å². The summed E-state index contributed by atoms with van der Waals surface area (Å²) in [6.07, 6.45) is 0.176. The van der Waals surface area contributed by atoms with Crippen molar-refractivity contribution in [3.63, 3.8) is 0 Å². The molecule has 0 aromatic heterocycles. The molecular weight excluding hydrogens is 406 g/mol. The fourth-order valence-electron chi connectivity index (χ4n) is 2.91. The number of benzene rings is 2. The van der Waals surface area contributed by atoms with Crippen LogP contribution in [0.5, 0.6) is 0 Å². The molecule has 10 heteroatoms. The molecule has 28 heavy (non-hydrogen) atoms. The van der Waals surface area contributed by atoms with Crippen LogP contribution in [0, 0.1) is 16.0 Å². The van der Waals surface area contributed by atoms with E-state index in [4.69, 9.17) is 11.6 Å². The van der Waals surface area contributed by atoms with Crippen molar-refractivity contribution in [2.75, 3.05) is 16.2 Å². The largest absolute Gasteiger partial charge is 0.326 e. The molecule has 1 aliphatic rings. The number of nitro groups is 1. The lowest BCUT2D eigenvalue weighted by Gasteiger charge is -2.23. The number of para-hydroxylation sites is 1. The quantitative estimate of drug-likeness (QED) is 0.543. The van der Waals surface area contributed by atoms with Crippen molar-refractivity contribution in [3.8, 4) is 0 Å². The molecule has 1 aliphatic carbocycles. The van der Waals surface area contributed by atoms with E-state index in [0.29, 0.717) is 5.69 Å². The molecule has 2 aromatic carbocycles. The van der Waals surface area contributed by atoms with Gasteiger partial charge in [0.25, 0.3) is 10.0 Å². The van der Waals surface area contributed by atoms with Crippen molar-refractivity contribution in [2.24, 2.45) is 5.92 Å². The minimum absolute atomic E-state index is 0.0157. The number of halogens is 1.